The Morgan fingerprint density at radius 3 is 2.22 bits per heavy atom. The standard InChI is InChI=1S/C23H36O4/c1-13(24)17-5-6-18-16-12-21(27-14(2)25)20-11-15(26)7-9-23(20,4)19(16)8-10-22(17,18)3/h15-21,26H,5-12H2,1-4H3. The van der Waals surface area contributed by atoms with Crippen molar-refractivity contribution in [1.82, 2.24) is 0 Å². The van der Waals surface area contributed by atoms with E-state index in [1.54, 1.807) is 6.92 Å². The van der Waals surface area contributed by atoms with Gasteiger partial charge in [-0.15, -0.1) is 0 Å². The SMILES string of the molecule is CC(=O)OC1CC2C3CCC(C(C)=O)C3(C)CCC2C2(C)CCC(O)CC12. The lowest BCUT2D eigenvalue weighted by Gasteiger charge is -2.62. The zero-order valence-corrected chi connectivity index (χ0v) is 17.4. The molecule has 27 heavy (non-hydrogen) atoms. The van der Waals surface area contributed by atoms with Gasteiger partial charge < -0.3 is 9.84 Å². The number of ketones is 1. The highest BCUT2D eigenvalue weighted by Gasteiger charge is 2.63. The third kappa shape index (κ3) is 2.89. The minimum Gasteiger partial charge on any atom is -0.462 e. The zero-order chi connectivity index (χ0) is 19.6. The van der Waals surface area contributed by atoms with Gasteiger partial charge in [0, 0.05) is 18.8 Å². The molecule has 4 fully saturated rings. The van der Waals surface area contributed by atoms with E-state index >= 15 is 0 Å². The van der Waals surface area contributed by atoms with Gasteiger partial charge in [0.25, 0.3) is 0 Å². The topological polar surface area (TPSA) is 63.6 Å². The lowest BCUT2D eigenvalue weighted by molar-refractivity contribution is -0.191. The summed E-state index contributed by atoms with van der Waals surface area (Å²) in [6.45, 7) is 8.03. The van der Waals surface area contributed by atoms with Crippen molar-refractivity contribution >= 4 is 11.8 Å². The van der Waals surface area contributed by atoms with E-state index in [1.165, 1.54) is 13.3 Å². The minimum atomic E-state index is -0.264. The number of aliphatic hydroxyl groups excluding tert-OH is 1. The first-order valence-electron chi connectivity index (χ1n) is 11.0. The molecule has 0 aromatic heterocycles. The third-order valence-corrected chi connectivity index (χ3v) is 9.43. The summed E-state index contributed by atoms with van der Waals surface area (Å²) in [7, 11) is 0. The van der Waals surface area contributed by atoms with Crippen molar-refractivity contribution < 1.29 is 19.4 Å². The van der Waals surface area contributed by atoms with Crippen LogP contribution in [0.15, 0.2) is 0 Å². The van der Waals surface area contributed by atoms with E-state index in [9.17, 15) is 14.7 Å². The second-order valence-corrected chi connectivity index (χ2v) is 10.6. The summed E-state index contributed by atoms with van der Waals surface area (Å²) >= 11 is 0. The Morgan fingerprint density at radius 2 is 1.56 bits per heavy atom. The number of ether oxygens (including phenoxy) is 1. The Hall–Kier alpha value is -0.900. The number of carbonyl (C=O) groups excluding carboxylic acids is 2. The van der Waals surface area contributed by atoms with E-state index in [-0.39, 0.29) is 40.8 Å². The van der Waals surface area contributed by atoms with Gasteiger partial charge in [-0.3, -0.25) is 9.59 Å². The summed E-state index contributed by atoms with van der Waals surface area (Å²) in [5, 5.41) is 10.3. The van der Waals surface area contributed by atoms with Crippen LogP contribution in [-0.2, 0) is 14.3 Å². The molecule has 9 unspecified atom stereocenters. The molecule has 0 spiro atoms. The number of rotatable bonds is 2. The number of fused-ring (bicyclic) bond motifs is 5. The fourth-order valence-corrected chi connectivity index (χ4v) is 8.26. The Balaban J connectivity index is 1.68. The van der Waals surface area contributed by atoms with Gasteiger partial charge in [-0.05, 0) is 86.9 Å². The van der Waals surface area contributed by atoms with E-state index in [0.29, 0.717) is 23.5 Å². The number of esters is 1. The van der Waals surface area contributed by atoms with Crippen LogP contribution in [-0.4, -0.2) is 29.1 Å². The molecule has 4 aliphatic rings. The van der Waals surface area contributed by atoms with Gasteiger partial charge in [0.15, 0.2) is 0 Å². The number of hydrogen-bond acceptors (Lipinski definition) is 4. The molecule has 0 amide bonds. The third-order valence-electron chi connectivity index (χ3n) is 9.43. The second-order valence-electron chi connectivity index (χ2n) is 10.6. The molecule has 0 aliphatic heterocycles. The molecule has 1 N–H and O–H groups in total. The predicted molar refractivity (Wildman–Crippen MR) is 103 cm³/mol. The van der Waals surface area contributed by atoms with Crippen LogP contribution in [0.3, 0.4) is 0 Å². The molecular weight excluding hydrogens is 340 g/mol. The molecule has 0 radical (unpaired) electrons. The van der Waals surface area contributed by atoms with Crippen molar-refractivity contribution in [2.75, 3.05) is 0 Å². The summed E-state index contributed by atoms with van der Waals surface area (Å²) in [5.41, 5.74) is 0.253. The molecule has 0 aromatic rings. The van der Waals surface area contributed by atoms with Crippen molar-refractivity contribution in [2.24, 2.45) is 40.4 Å². The molecule has 4 rings (SSSR count). The van der Waals surface area contributed by atoms with Gasteiger partial charge in [-0.2, -0.15) is 0 Å². The van der Waals surface area contributed by atoms with Gasteiger partial charge in [0.05, 0.1) is 6.10 Å². The second kappa shape index (κ2) is 6.57. The predicted octanol–water partition coefficient (Wildman–Crippen LogP) is 4.14. The van der Waals surface area contributed by atoms with Crippen LogP contribution < -0.4 is 0 Å². The highest BCUT2D eigenvalue weighted by atomic mass is 16.5. The Kier molecular flexibility index (Phi) is 4.73. The first-order valence-corrected chi connectivity index (χ1v) is 11.0. The molecular formula is C23H36O4. The van der Waals surface area contributed by atoms with Crippen LogP contribution in [0.1, 0.15) is 79.1 Å². The van der Waals surface area contributed by atoms with E-state index < -0.39 is 0 Å². The molecule has 9 atom stereocenters. The molecule has 4 nitrogen and oxygen atoms in total. The Morgan fingerprint density at radius 1 is 0.889 bits per heavy atom. The maximum Gasteiger partial charge on any atom is 0.302 e. The summed E-state index contributed by atoms with van der Waals surface area (Å²) in [6.07, 6.45) is 7.71. The summed E-state index contributed by atoms with van der Waals surface area (Å²) in [4.78, 5) is 24.1. The van der Waals surface area contributed by atoms with Crippen LogP contribution in [0, 0.1) is 40.4 Å². The lowest BCUT2D eigenvalue weighted by atomic mass is 9.44. The van der Waals surface area contributed by atoms with Crippen LogP contribution in [0.2, 0.25) is 0 Å². The largest absolute Gasteiger partial charge is 0.462 e. The van der Waals surface area contributed by atoms with Gasteiger partial charge in [0.1, 0.15) is 11.9 Å². The summed E-state index contributed by atoms with van der Waals surface area (Å²) in [5.74, 6) is 2.35. The van der Waals surface area contributed by atoms with Gasteiger partial charge in [-0.1, -0.05) is 13.8 Å². The lowest BCUT2D eigenvalue weighted by Crippen LogP contribution is -2.59. The number of hydrogen-bond donors (Lipinski definition) is 1. The average Bonchev–Trinajstić information content (AvgIpc) is 2.93. The summed E-state index contributed by atoms with van der Waals surface area (Å²) < 4.78 is 5.86. The van der Waals surface area contributed by atoms with Crippen molar-refractivity contribution in [2.45, 2.75) is 91.3 Å². The molecule has 4 heteroatoms. The van der Waals surface area contributed by atoms with E-state index in [2.05, 4.69) is 13.8 Å². The van der Waals surface area contributed by atoms with Crippen LogP contribution in [0.4, 0.5) is 0 Å². The maximum atomic E-state index is 12.3. The number of carbonyl (C=O) groups is 2. The zero-order valence-electron chi connectivity index (χ0n) is 17.4. The molecule has 4 saturated carbocycles. The highest BCUT2D eigenvalue weighted by Crippen LogP contribution is 2.67. The first-order chi connectivity index (χ1) is 12.7. The van der Waals surface area contributed by atoms with Crippen LogP contribution in [0.25, 0.3) is 0 Å². The Labute approximate surface area is 163 Å². The van der Waals surface area contributed by atoms with Crippen LogP contribution in [0.5, 0.6) is 0 Å². The Bertz CT molecular complexity index is 630. The van der Waals surface area contributed by atoms with E-state index in [1.807, 2.05) is 0 Å². The molecule has 0 aromatic carbocycles. The molecule has 0 bridgehead atoms. The minimum absolute atomic E-state index is 0.0811. The molecule has 0 saturated heterocycles. The fraction of sp³-hybridized carbons (Fsp3) is 0.913. The van der Waals surface area contributed by atoms with Gasteiger partial charge in [0.2, 0.25) is 0 Å². The van der Waals surface area contributed by atoms with Crippen molar-refractivity contribution in [3.8, 4) is 0 Å². The quantitative estimate of drug-likeness (QED) is 0.736. The molecule has 0 heterocycles. The van der Waals surface area contributed by atoms with Crippen LogP contribution >= 0.6 is 0 Å². The molecule has 4 aliphatic carbocycles. The molecule has 152 valence electrons. The van der Waals surface area contributed by atoms with Gasteiger partial charge in [-0.25, -0.2) is 0 Å². The highest BCUT2D eigenvalue weighted by molar-refractivity contribution is 5.79. The van der Waals surface area contributed by atoms with Gasteiger partial charge >= 0.3 is 5.97 Å². The van der Waals surface area contributed by atoms with Crippen molar-refractivity contribution in [3.63, 3.8) is 0 Å². The number of Topliss-reactive ketones (excluding diaryl/α,β-unsaturated/α-hetero) is 1. The van der Waals surface area contributed by atoms with Crippen molar-refractivity contribution in [3.05, 3.63) is 0 Å². The maximum absolute atomic E-state index is 12.3. The average molecular weight is 377 g/mol. The normalized spacial score (nSPS) is 51.7. The number of aliphatic hydroxyl groups is 1. The van der Waals surface area contributed by atoms with E-state index in [0.717, 1.165) is 44.9 Å². The van der Waals surface area contributed by atoms with Crippen molar-refractivity contribution in [1.29, 1.82) is 0 Å². The van der Waals surface area contributed by atoms with E-state index in [4.69, 9.17) is 4.74 Å². The summed E-state index contributed by atoms with van der Waals surface area (Å²) in [6, 6.07) is 0. The fourth-order valence-electron chi connectivity index (χ4n) is 8.26. The smallest absolute Gasteiger partial charge is 0.302 e. The first kappa shape index (κ1) is 19.4. The monoisotopic (exact) mass is 376 g/mol.